The molecule has 2 rings (SSSR count). The van der Waals surface area contributed by atoms with Crippen LogP contribution < -0.4 is 0 Å². The topological polar surface area (TPSA) is 9.72 Å². The molecule has 0 radical (unpaired) electrons. The number of hydrogen-bond donors (Lipinski definition) is 0. The summed E-state index contributed by atoms with van der Waals surface area (Å²) in [6.07, 6.45) is 11.4. The van der Waals surface area contributed by atoms with Crippen LogP contribution in [0, 0.1) is 5.92 Å². The van der Waals surface area contributed by atoms with Gasteiger partial charge in [-0.1, -0.05) is 19.1 Å². The maximum Gasteiger partial charge on any atom is 0.0353 e. The fourth-order valence-corrected chi connectivity index (χ4v) is 3.80. The van der Waals surface area contributed by atoms with E-state index in [4.69, 9.17) is 0 Å². The molecule has 2 aliphatic rings. The van der Waals surface area contributed by atoms with Crippen molar-refractivity contribution in [2.75, 3.05) is 46.8 Å². The lowest BCUT2D eigenvalue weighted by Crippen LogP contribution is -2.59. The number of hydrogen-bond acceptors (Lipinski definition) is 3. The maximum absolute atomic E-state index is 2.74. The Morgan fingerprint density at radius 3 is 2.36 bits per heavy atom. The van der Waals surface area contributed by atoms with Crippen molar-refractivity contribution < 1.29 is 0 Å². The van der Waals surface area contributed by atoms with Gasteiger partial charge in [-0.25, -0.2) is 0 Å². The predicted molar refractivity (Wildman–Crippen MR) is 96.3 cm³/mol. The molecule has 0 aliphatic carbocycles. The summed E-state index contributed by atoms with van der Waals surface area (Å²) >= 11 is 0. The van der Waals surface area contributed by atoms with Crippen LogP contribution >= 0.6 is 0 Å². The van der Waals surface area contributed by atoms with Crippen LogP contribution in [0.3, 0.4) is 0 Å². The first-order valence-corrected chi connectivity index (χ1v) is 9.38. The van der Waals surface area contributed by atoms with Crippen LogP contribution in [-0.4, -0.2) is 73.6 Å². The molecule has 2 fully saturated rings. The van der Waals surface area contributed by atoms with Crippen molar-refractivity contribution >= 4 is 0 Å². The summed E-state index contributed by atoms with van der Waals surface area (Å²) in [6.45, 7) is 11.0. The van der Waals surface area contributed by atoms with Gasteiger partial charge in [-0.05, 0) is 72.1 Å². The third-order valence-electron chi connectivity index (χ3n) is 5.70. The number of likely N-dealkylation sites (N-methyl/N-ethyl adjacent to an activating group) is 1. The smallest absolute Gasteiger partial charge is 0.0353 e. The molecule has 0 aromatic carbocycles. The second-order valence-electron chi connectivity index (χ2n) is 7.61. The Morgan fingerprint density at radius 2 is 1.77 bits per heavy atom. The van der Waals surface area contributed by atoms with Crippen molar-refractivity contribution in [3.8, 4) is 0 Å². The highest BCUT2D eigenvalue weighted by Gasteiger charge is 2.30. The SMILES string of the molecule is CCC(C)N(CC/C=C/CC1CCN(C)CC1)C1CN(C)C1. The van der Waals surface area contributed by atoms with Gasteiger partial charge in [0.1, 0.15) is 0 Å². The normalized spacial score (nSPS) is 24.2. The fourth-order valence-electron chi connectivity index (χ4n) is 3.80. The van der Waals surface area contributed by atoms with Crippen LogP contribution in [0.2, 0.25) is 0 Å². The zero-order valence-electron chi connectivity index (χ0n) is 15.3. The fraction of sp³-hybridized carbons (Fsp3) is 0.895. The Bertz CT molecular complexity index is 328. The Balaban J connectivity index is 1.65. The van der Waals surface area contributed by atoms with E-state index >= 15 is 0 Å². The Morgan fingerprint density at radius 1 is 1.09 bits per heavy atom. The van der Waals surface area contributed by atoms with Gasteiger partial charge in [0, 0.05) is 31.7 Å². The highest BCUT2D eigenvalue weighted by atomic mass is 15.3. The van der Waals surface area contributed by atoms with Crippen LogP contribution in [-0.2, 0) is 0 Å². The molecule has 3 heteroatoms. The minimum Gasteiger partial charge on any atom is -0.306 e. The summed E-state index contributed by atoms with van der Waals surface area (Å²) in [5.74, 6) is 0.929. The van der Waals surface area contributed by atoms with Crippen molar-refractivity contribution in [1.29, 1.82) is 0 Å². The minimum atomic E-state index is 0.723. The molecule has 0 N–H and O–H groups in total. The molecule has 2 heterocycles. The predicted octanol–water partition coefficient (Wildman–Crippen LogP) is 3.08. The van der Waals surface area contributed by atoms with Gasteiger partial charge in [0.2, 0.25) is 0 Å². The molecule has 3 nitrogen and oxygen atoms in total. The van der Waals surface area contributed by atoms with Gasteiger partial charge >= 0.3 is 0 Å². The lowest BCUT2D eigenvalue weighted by atomic mass is 9.93. The van der Waals surface area contributed by atoms with Gasteiger partial charge in [-0.15, -0.1) is 0 Å². The van der Waals surface area contributed by atoms with Crippen LogP contribution in [0.15, 0.2) is 12.2 Å². The van der Waals surface area contributed by atoms with Gasteiger partial charge < -0.3 is 9.80 Å². The molecule has 2 saturated heterocycles. The van der Waals surface area contributed by atoms with Crippen LogP contribution in [0.25, 0.3) is 0 Å². The monoisotopic (exact) mass is 307 g/mol. The van der Waals surface area contributed by atoms with Gasteiger partial charge in [-0.2, -0.15) is 0 Å². The summed E-state index contributed by atoms with van der Waals surface area (Å²) in [4.78, 5) is 7.62. The van der Waals surface area contributed by atoms with Gasteiger partial charge in [0.15, 0.2) is 0 Å². The van der Waals surface area contributed by atoms with Gasteiger partial charge in [-0.3, -0.25) is 4.90 Å². The number of rotatable bonds is 8. The molecule has 0 bridgehead atoms. The van der Waals surface area contributed by atoms with Crippen molar-refractivity contribution in [2.24, 2.45) is 5.92 Å². The van der Waals surface area contributed by atoms with E-state index in [0.29, 0.717) is 0 Å². The summed E-state index contributed by atoms with van der Waals surface area (Å²) in [7, 11) is 4.47. The summed E-state index contributed by atoms with van der Waals surface area (Å²) in [5, 5.41) is 0. The Kier molecular flexibility index (Phi) is 7.39. The van der Waals surface area contributed by atoms with E-state index < -0.39 is 0 Å². The van der Waals surface area contributed by atoms with E-state index in [1.165, 1.54) is 64.8 Å². The molecule has 0 spiro atoms. The van der Waals surface area contributed by atoms with Gasteiger partial charge in [0.25, 0.3) is 0 Å². The van der Waals surface area contributed by atoms with Crippen molar-refractivity contribution in [3.63, 3.8) is 0 Å². The third-order valence-corrected chi connectivity index (χ3v) is 5.70. The van der Waals surface area contributed by atoms with Crippen LogP contribution in [0.5, 0.6) is 0 Å². The first-order chi connectivity index (χ1) is 10.6. The summed E-state index contributed by atoms with van der Waals surface area (Å²) in [5.41, 5.74) is 0. The average molecular weight is 308 g/mol. The number of nitrogens with zero attached hydrogens (tertiary/aromatic N) is 3. The Hall–Kier alpha value is -0.380. The maximum atomic E-state index is 2.74. The molecule has 128 valence electrons. The molecular weight excluding hydrogens is 270 g/mol. The van der Waals surface area contributed by atoms with Crippen LogP contribution in [0.4, 0.5) is 0 Å². The van der Waals surface area contributed by atoms with E-state index in [1.807, 2.05) is 0 Å². The lowest BCUT2D eigenvalue weighted by molar-refractivity contribution is 0.0275. The van der Waals surface area contributed by atoms with E-state index in [1.54, 1.807) is 0 Å². The molecule has 0 saturated carbocycles. The Labute approximate surface area is 138 Å². The number of likely N-dealkylation sites (tertiary alicyclic amines) is 2. The molecular formula is C19H37N3. The molecule has 2 aliphatic heterocycles. The molecule has 1 atom stereocenters. The zero-order valence-corrected chi connectivity index (χ0v) is 15.3. The zero-order chi connectivity index (χ0) is 15.9. The largest absolute Gasteiger partial charge is 0.306 e. The summed E-state index contributed by atoms with van der Waals surface area (Å²) in [6, 6.07) is 1.52. The number of piperidine rings is 1. The van der Waals surface area contributed by atoms with Crippen LogP contribution in [0.1, 0.15) is 46.0 Å². The highest BCUT2D eigenvalue weighted by Crippen LogP contribution is 2.20. The van der Waals surface area contributed by atoms with Gasteiger partial charge in [0.05, 0.1) is 0 Å². The molecule has 0 amide bonds. The standard InChI is InChI=1S/C19H37N3/c1-5-17(2)22(19-15-21(4)16-19)12-8-6-7-9-18-10-13-20(3)14-11-18/h6-7,17-19H,5,8-16H2,1-4H3/b7-6+. The van der Waals surface area contributed by atoms with Crippen molar-refractivity contribution in [1.82, 2.24) is 14.7 Å². The van der Waals surface area contributed by atoms with Crippen molar-refractivity contribution in [3.05, 3.63) is 12.2 Å². The highest BCUT2D eigenvalue weighted by molar-refractivity contribution is 4.91. The van der Waals surface area contributed by atoms with E-state index in [0.717, 1.165) is 18.0 Å². The second kappa shape index (κ2) is 9.05. The lowest BCUT2D eigenvalue weighted by Gasteiger charge is -2.46. The minimum absolute atomic E-state index is 0.723. The molecule has 1 unspecified atom stereocenters. The molecule has 22 heavy (non-hydrogen) atoms. The van der Waals surface area contributed by atoms with E-state index in [-0.39, 0.29) is 0 Å². The van der Waals surface area contributed by atoms with E-state index in [2.05, 4.69) is 54.8 Å². The molecule has 0 aromatic rings. The first-order valence-electron chi connectivity index (χ1n) is 9.38. The average Bonchev–Trinajstić information content (AvgIpc) is 2.49. The summed E-state index contributed by atoms with van der Waals surface area (Å²) < 4.78 is 0. The second-order valence-corrected chi connectivity index (χ2v) is 7.61. The quantitative estimate of drug-likeness (QED) is 0.638. The molecule has 0 aromatic heterocycles. The van der Waals surface area contributed by atoms with Crippen molar-refractivity contribution in [2.45, 2.75) is 58.0 Å². The first kappa shape index (κ1) is 18.0. The van der Waals surface area contributed by atoms with E-state index in [9.17, 15) is 0 Å². The number of allylic oxidation sites excluding steroid dienone is 1. The third kappa shape index (κ3) is 5.36.